The molecule has 1 aromatic heterocycles. The molecular weight excluding hydrogens is 439 g/mol. The molecule has 2 aromatic carbocycles. The molecule has 32 heavy (non-hydrogen) atoms. The zero-order chi connectivity index (χ0) is 22.7. The topological polar surface area (TPSA) is 62.3 Å². The number of rotatable bonds is 4. The van der Waals surface area contributed by atoms with Gasteiger partial charge in [-0.25, -0.2) is 9.78 Å². The molecule has 5 nitrogen and oxygen atoms in total. The molecule has 166 valence electrons. The number of likely N-dealkylation sites (tertiary alicyclic amines) is 1. The van der Waals surface area contributed by atoms with E-state index < -0.39 is 11.7 Å². The summed E-state index contributed by atoms with van der Waals surface area (Å²) >= 11 is 1.45. The van der Waals surface area contributed by atoms with Crippen LogP contribution < -0.4 is 5.32 Å². The molecule has 9 heteroatoms. The van der Waals surface area contributed by atoms with Crippen LogP contribution in [-0.4, -0.2) is 34.8 Å². The lowest BCUT2D eigenvalue weighted by Gasteiger charge is -2.31. The summed E-state index contributed by atoms with van der Waals surface area (Å²) < 4.78 is 38.0. The largest absolute Gasteiger partial charge is 0.416 e. The van der Waals surface area contributed by atoms with Crippen LogP contribution in [-0.2, 0) is 6.18 Å². The van der Waals surface area contributed by atoms with Crippen LogP contribution >= 0.6 is 11.3 Å². The fraction of sp³-hybridized carbons (Fsp3) is 0.261. The predicted molar refractivity (Wildman–Crippen MR) is 116 cm³/mol. The van der Waals surface area contributed by atoms with Crippen LogP contribution in [0.1, 0.15) is 45.4 Å². The quantitative estimate of drug-likeness (QED) is 0.501. The number of anilines is 1. The first-order valence-corrected chi connectivity index (χ1v) is 11.0. The van der Waals surface area contributed by atoms with E-state index in [9.17, 15) is 22.8 Å². The number of piperidine rings is 1. The summed E-state index contributed by atoms with van der Waals surface area (Å²) in [5.74, 6) is 0.0499. The highest BCUT2D eigenvalue weighted by Crippen LogP contribution is 2.32. The first-order chi connectivity index (χ1) is 15.3. The van der Waals surface area contributed by atoms with Gasteiger partial charge in [0.15, 0.2) is 0 Å². The molecule has 3 aromatic rings. The minimum absolute atomic E-state index is 0.110. The third-order valence-electron chi connectivity index (χ3n) is 5.39. The Morgan fingerprint density at radius 3 is 2.28 bits per heavy atom. The summed E-state index contributed by atoms with van der Waals surface area (Å²) in [6.45, 7) is 0.997. The van der Waals surface area contributed by atoms with Gasteiger partial charge >= 0.3 is 12.2 Å². The van der Waals surface area contributed by atoms with E-state index in [-0.39, 0.29) is 17.7 Å². The summed E-state index contributed by atoms with van der Waals surface area (Å²) in [6, 6.07) is 13.0. The molecule has 0 unspecified atom stereocenters. The van der Waals surface area contributed by atoms with Crippen LogP contribution in [0, 0.1) is 0 Å². The number of benzene rings is 2. The first kappa shape index (κ1) is 22.0. The van der Waals surface area contributed by atoms with Crippen LogP contribution in [0.4, 0.5) is 23.7 Å². The van der Waals surface area contributed by atoms with Gasteiger partial charge in [-0.15, -0.1) is 11.3 Å². The van der Waals surface area contributed by atoms with E-state index in [1.54, 1.807) is 22.4 Å². The first-order valence-electron chi connectivity index (χ1n) is 10.1. The smallest absolute Gasteiger partial charge is 0.324 e. The van der Waals surface area contributed by atoms with Gasteiger partial charge in [-0.05, 0) is 37.1 Å². The number of carbonyl (C=O) groups is 2. The summed E-state index contributed by atoms with van der Waals surface area (Å²) in [5.41, 5.74) is 0.580. The Bertz CT molecular complexity index is 1090. The molecular formula is C23H20F3N3O2S. The molecule has 0 spiro atoms. The Kier molecular flexibility index (Phi) is 6.27. The summed E-state index contributed by atoms with van der Waals surface area (Å²) in [6.07, 6.45) is -3.01. The number of nitrogens with one attached hydrogen (secondary N) is 1. The molecule has 1 aliphatic heterocycles. The molecule has 4 rings (SSSR count). The molecule has 1 saturated heterocycles. The van der Waals surface area contributed by atoms with E-state index in [1.165, 1.54) is 23.5 Å². The van der Waals surface area contributed by atoms with Crippen molar-refractivity contribution in [2.75, 3.05) is 18.4 Å². The zero-order valence-corrected chi connectivity index (χ0v) is 17.7. The van der Waals surface area contributed by atoms with E-state index in [0.29, 0.717) is 42.9 Å². The second-order valence-corrected chi connectivity index (χ2v) is 8.42. The normalized spacial score (nSPS) is 14.9. The molecule has 0 saturated carbocycles. The van der Waals surface area contributed by atoms with Crippen LogP contribution in [0.5, 0.6) is 0 Å². The average Bonchev–Trinajstić information content (AvgIpc) is 3.29. The average molecular weight is 459 g/mol. The van der Waals surface area contributed by atoms with E-state index in [1.807, 2.05) is 18.2 Å². The zero-order valence-electron chi connectivity index (χ0n) is 16.9. The highest BCUT2D eigenvalue weighted by atomic mass is 32.1. The van der Waals surface area contributed by atoms with Crippen LogP contribution in [0.2, 0.25) is 0 Å². The van der Waals surface area contributed by atoms with Crippen LogP contribution in [0.3, 0.4) is 0 Å². The van der Waals surface area contributed by atoms with Crippen molar-refractivity contribution in [1.29, 1.82) is 0 Å². The van der Waals surface area contributed by atoms with Gasteiger partial charge in [0, 0.05) is 35.6 Å². The Morgan fingerprint density at radius 2 is 1.66 bits per heavy atom. The Morgan fingerprint density at radius 1 is 1.00 bits per heavy atom. The maximum atomic E-state index is 12.7. The summed E-state index contributed by atoms with van der Waals surface area (Å²) in [4.78, 5) is 31.2. The van der Waals surface area contributed by atoms with Crippen molar-refractivity contribution in [3.63, 3.8) is 0 Å². The number of urea groups is 1. The summed E-state index contributed by atoms with van der Waals surface area (Å²) in [5, 5.41) is 5.30. The van der Waals surface area contributed by atoms with Gasteiger partial charge in [0.25, 0.3) is 0 Å². The van der Waals surface area contributed by atoms with Crippen molar-refractivity contribution < 1.29 is 22.8 Å². The second-order valence-electron chi connectivity index (χ2n) is 7.53. The summed E-state index contributed by atoms with van der Waals surface area (Å²) in [7, 11) is 0. The molecule has 2 heterocycles. The Hall–Kier alpha value is -3.20. The minimum atomic E-state index is -4.41. The van der Waals surface area contributed by atoms with Crippen molar-refractivity contribution >= 4 is 28.8 Å². The van der Waals surface area contributed by atoms with Gasteiger partial charge in [-0.2, -0.15) is 13.2 Å². The molecule has 0 bridgehead atoms. The highest BCUT2D eigenvalue weighted by molar-refractivity contribution is 7.10. The number of hydrogen-bond donors (Lipinski definition) is 1. The second kappa shape index (κ2) is 9.12. The van der Waals surface area contributed by atoms with Gasteiger partial charge < -0.3 is 10.2 Å². The van der Waals surface area contributed by atoms with Crippen LogP contribution in [0.25, 0.3) is 0 Å². The van der Waals surface area contributed by atoms with Crippen molar-refractivity contribution in [1.82, 2.24) is 9.88 Å². The number of ketones is 1. The maximum Gasteiger partial charge on any atom is 0.416 e. The molecule has 1 N–H and O–H groups in total. The Balaban J connectivity index is 1.32. The van der Waals surface area contributed by atoms with Crippen molar-refractivity contribution in [2.45, 2.75) is 24.9 Å². The third-order valence-corrected chi connectivity index (χ3v) is 6.39. The fourth-order valence-electron chi connectivity index (χ4n) is 3.59. The Labute approximate surface area is 186 Å². The van der Waals surface area contributed by atoms with E-state index in [0.717, 1.165) is 17.1 Å². The number of hydrogen-bond acceptors (Lipinski definition) is 4. The number of thiazole rings is 1. The molecule has 2 amide bonds. The minimum Gasteiger partial charge on any atom is -0.324 e. The number of carbonyl (C=O) groups excluding carboxylic acids is 2. The van der Waals surface area contributed by atoms with E-state index in [2.05, 4.69) is 10.3 Å². The van der Waals surface area contributed by atoms with Gasteiger partial charge in [0.2, 0.25) is 5.78 Å². The van der Waals surface area contributed by atoms with Gasteiger partial charge in [0.1, 0.15) is 5.69 Å². The predicted octanol–water partition coefficient (Wildman–Crippen LogP) is 5.80. The molecule has 1 aliphatic rings. The molecule has 0 atom stereocenters. The molecule has 0 radical (unpaired) electrons. The fourth-order valence-corrected chi connectivity index (χ4v) is 4.56. The van der Waals surface area contributed by atoms with Gasteiger partial charge in [-0.3, -0.25) is 4.79 Å². The number of alkyl halides is 3. The lowest BCUT2D eigenvalue weighted by atomic mass is 9.98. The lowest BCUT2D eigenvalue weighted by Crippen LogP contribution is -2.40. The molecule has 0 aliphatic carbocycles. The maximum absolute atomic E-state index is 12.7. The molecule has 1 fully saturated rings. The number of nitrogens with zero attached hydrogens (tertiary/aromatic N) is 2. The van der Waals surface area contributed by atoms with Gasteiger partial charge in [0.05, 0.1) is 10.6 Å². The number of halogens is 3. The SMILES string of the molecule is O=C(c1ccccc1)c1csc(C2CCN(C(=O)Nc3ccc(C(F)(F)F)cc3)CC2)n1. The van der Waals surface area contributed by atoms with Crippen molar-refractivity contribution in [3.05, 3.63) is 81.8 Å². The highest BCUT2D eigenvalue weighted by Gasteiger charge is 2.30. The van der Waals surface area contributed by atoms with E-state index >= 15 is 0 Å². The third kappa shape index (κ3) is 4.99. The standard InChI is InChI=1S/C23H20F3N3O2S/c24-23(25,26)17-6-8-18(9-7-17)27-22(31)29-12-10-16(11-13-29)21-28-19(14-32-21)20(30)15-4-2-1-3-5-15/h1-9,14,16H,10-13H2,(H,27,31). The number of aromatic nitrogens is 1. The van der Waals surface area contributed by atoms with Crippen LogP contribution in [0.15, 0.2) is 60.0 Å². The van der Waals surface area contributed by atoms with Crippen molar-refractivity contribution in [2.24, 2.45) is 0 Å². The monoisotopic (exact) mass is 459 g/mol. The lowest BCUT2D eigenvalue weighted by molar-refractivity contribution is -0.137. The van der Waals surface area contributed by atoms with E-state index in [4.69, 9.17) is 0 Å². The van der Waals surface area contributed by atoms with Crippen molar-refractivity contribution in [3.8, 4) is 0 Å². The van der Waals surface area contributed by atoms with Gasteiger partial charge in [-0.1, -0.05) is 30.3 Å². The number of amides is 2.